The van der Waals surface area contributed by atoms with E-state index in [1.54, 1.807) is 0 Å². The third-order valence-electron chi connectivity index (χ3n) is 2.76. The van der Waals surface area contributed by atoms with E-state index in [1.807, 2.05) is 0 Å². The summed E-state index contributed by atoms with van der Waals surface area (Å²) in [6.45, 7) is 8.31. The van der Waals surface area contributed by atoms with Gasteiger partial charge in [-0.1, -0.05) is 0 Å². The molecule has 3 heterocycles. The summed E-state index contributed by atoms with van der Waals surface area (Å²) < 4.78 is 0. The van der Waals surface area contributed by atoms with Crippen LogP contribution in [-0.2, 0) is 0 Å². The van der Waals surface area contributed by atoms with Crippen LogP contribution >= 0.6 is 0 Å². The molecule has 3 aliphatic heterocycles. The Balaban J connectivity index is 0.000000149. The minimum absolute atomic E-state index is 0.195. The Bertz CT molecular complexity index is 109. The van der Waals surface area contributed by atoms with E-state index in [0.29, 0.717) is 0 Å². The van der Waals surface area contributed by atoms with Crippen molar-refractivity contribution in [2.45, 2.75) is 12.8 Å². The highest BCUT2D eigenvalue weighted by Crippen LogP contribution is 2.06. The van der Waals surface area contributed by atoms with Crippen molar-refractivity contribution >= 4 is 0 Å². The normalized spacial score (nSPS) is 29.6. The average Bonchev–Trinajstić information content (AvgIpc) is 2.30. The molecule has 0 aromatic carbocycles. The molecular weight excluding hydrogens is 180 g/mol. The zero-order valence-electron chi connectivity index (χ0n) is 8.86. The molecule has 3 saturated heterocycles. The maximum Gasteiger partial charge on any atom is 0.0431 e. The Labute approximate surface area is 86.1 Å². The third kappa shape index (κ3) is 4.37. The maximum absolute atomic E-state index is 8.09. The van der Waals surface area contributed by atoms with Crippen molar-refractivity contribution in [1.29, 1.82) is 0 Å². The second-order valence-electron chi connectivity index (χ2n) is 3.84. The van der Waals surface area contributed by atoms with Crippen molar-refractivity contribution in [2.24, 2.45) is 0 Å². The summed E-state index contributed by atoms with van der Waals surface area (Å²) in [4.78, 5) is 5.08. The van der Waals surface area contributed by atoms with Crippen molar-refractivity contribution in [3.05, 3.63) is 0 Å². The molecule has 0 amide bonds. The van der Waals surface area contributed by atoms with E-state index in [2.05, 4.69) is 9.80 Å². The number of rotatable bonds is 3. The first-order valence-electron chi connectivity index (χ1n) is 5.53. The lowest BCUT2D eigenvalue weighted by Crippen LogP contribution is -2.55. The lowest BCUT2D eigenvalue weighted by atomic mass is 10.2. The summed E-state index contributed by atoms with van der Waals surface area (Å²) >= 11 is 0. The smallest absolute Gasteiger partial charge is 0.0431 e. The highest BCUT2D eigenvalue weighted by molar-refractivity contribution is 4.78. The fourth-order valence-electron chi connectivity index (χ4n) is 1.74. The number of aliphatic hydroxyl groups excluding tert-OH is 2. The molecule has 0 spiro atoms. The van der Waals surface area contributed by atoms with Gasteiger partial charge in [0.1, 0.15) is 0 Å². The third-order valence-corrected chi connectivity index (χ3v) is 2.76. The number of hydrogen-bond acceptors (Lipinski definition) is 4. The number of piperazine rings is 3. The molecule has 0 radical (unpaired) electrons. The van der Waals surface area contributed by atoms with Crippen molar-refractivity contribution in [3.8, 4) is 0 Å². The maximum atomic E-state index is 8.09. The molecule has 0 aliphatic carbocycles. The number of fused-ring (bicyclic) bond motifs is 3. The Morgan fingerprint density at radius 3 is 1.07 bits per heavy atom. The van der Waals surface area contributed by atoms with Crippen LogP contribution in [0.2, 0.25) is 0 Å². The van der Waals surface area contributed by atoms with Crippen molar-refractivity contribution in [3.63, 3.8) is 0 Å². The predicted octanol–water partition coefficient (Wildman–Crippen LogP) is -0.631. The molecule has 4 nitrogen and oxygen atoms in total. The van der Waals surface area contributed by atoms with Crippen molar-refractivity contribution in [2.75, 3.05) is 52.5 Å². The van der Waals surface area contributed by atoms with E-state index >= 15 is 0 Å². The van der Waals surface area contributed by atoms with Crippen LogP contribution in [-0.4, -0.2) is 72.5 Å². The Morgan fingerprint density at radius 2 is 0.929 bits per heavy atom. The van der Waals surface area contributed by atoms with Gasteiger partial charge in [-0.05, 0) is 12.8 Å². The summed E-state index contributed by atoms with van der Waals surface area (Å²) in [5, 5.41) is 16.2. The molecule has 3 aliphatic rings. The largest absolute Gasteiger partial charge is 0.396 e. The fraction of sp³-hybridized carbons (Fsp3) is 1.00. The van der Waals surface area contributed by atoms with E-state index in [9.17, 15) is 0 Å². The fourth-order valence-corrected chi connectivity index (χ4v) is 1.74. The summed E-state index contributed by atoms with van der Waals surface area (Å²) in [5.74, 6) is 0. The van der Waals surface area contributed by atoms with Gasteiger partial charge in [-0.25, -0.2) is 0 Å². The first kappa shape index (κ1) is 11.9. The number of nitrogens with zero attached hydrogens (tertiary/aromatic N) is 2. The Morgan fingerprint density at radius 1 is 0.643 bits per heavy atom. The van der Waals surface area contributed by atoms with Crippen molar-refractivity contribution in [1.82, 2.24) is 9.80 Å². The van der Waals surface area contributed by atoms with Crippen LogP contribution in [0.3, 0.4) is 0 Å². The number of aliphatic hydroxyl groups is 2. The van der Waals surface area contributed by atoms with E-state index < -0.39 is 0 Å². The second kappa shape index (κ2) is 7.17. The van der Waals surface area contributed by atoms with Gasteiger partial charge in [0.05, 0.1) is 0 Å². The van der Waals surface area contributed by atoms with Crippen LogP contribution in [0, 0.1) is 0 Å². The van der Waals surface area contributed by atoms with Gasteiger partial charge >= 0.3 is 0 Å². The van der Waals surface area contributed by atoms with Gasteiger partial charge in [0.15, 0.2) is 0 Å². The lowest BCUT2D eigenvalue weighted by Gasteiger charge is -2.41. The Hall–Kier alpha value is -0.160. The molecule has 0 unspecified atom stereocenters. The topological polar surface area (TPSA) is 46.9 Å². The molecule has 4 heteroatoms. The molecule has 14 heavy (non-hydrogen) atoms. The predicted molar refractivity (Wildman–Crippen MR) is 56.3 cm³/mol. The van der Waals surface area contributed by atoms with Crippen LogP contribution in [0.4, 0.5) is 0 Å². The summed E-state index contributed by atoms with van der Waals surface area (Å²) in [7, 11) is 0. The minimum Gasteiger partial charge on any atom is -0.396 e. The standard InChI is InChI=1S/C6H12N2.C4H10O2/c1-2-8-5-3-7(1)4-6-8;5-3-1-2-4-6/h1-6H2;5-6H,1-4H2. The summed E-state index contributed by atoms with van der Waals surface area (Å²) in [6.07, 6.45) is 1.44. The number of hydrogen-bond donors (Lipinski definition) is 2. The van der Waals surface area contributed by atoms with Gasteiger partial charge in [0.2, 0.25) is 0 Å². The van der Waals surface area contributed by atoms with Gasteiger partial charge in [0, 0.05) is 52.5 Å². The SMILES string of the molecule is C1CN2CCN1CC2.OCCCCO. The first-order chi connectivity index (χ1) is 6.86. The second-order valence-corrected chi connectivity index (χ2v) is 3.84. The van der Waals surface area contributed by atoms with E-state index in [4.69, 9.17) is 10.2 Å². The summed E-state index contributed by atoms with van der Waals surface area (Å²) in [6, 6.07) is 0. The molecule has 0 atom stereocenters. The molecular formula is C10H22N2O2. The van der Waals surface area contributed by atoms with E-state index in [0.717, 1.165) is 12.8 Å². The Kier molecular flexibility index (Phi) is 6.10. The monoisotopic (exact) mass is 202 g/mol. The lowest BCUT2D eigenvalue weighted by molar-refractivity contribution is 0.0647. The van der Waals surface area contributed by atoms with Gasteiger partial charge in [-0.2, -0.15) is 0 Å². The molecule has 2 N–H and O–H groups in total. The molecule has 3 rings (SSSR count). The van der Waals surface area contributed by atoms with Gasteiger partial charge in [0.25, 0.3) is 0 Å². The van der Waals surface area contributed by atoms with Crippen molar-refractivity contribution < 1.29 is 10.2 Å². The molecule has 0 saturated carbocycles. The van der Waals surface area contributed by atoms with Gasteiger partial charge < -0.3 is 10.2 Å². The number of unbranched alkanes of at least 4 members (excludes halogenated alkanes) is 1. The molecule has 0 aromatic rings. The van der Waals surface area contributed by atoms with E-state index in [1.165, 1.54) is 39.3 Å². The van der Waals surface area contributed by atoms with Crippen LogP contribution in [0.15, 0.2) is 0 Å². The molecule has 84 valence electrons. The molecule has 2 bridgehead atoms. The average molecular weight is 202 g/mol. The van der Waals surface area contributed by atoms with Crippen LogP contribution < -0.4 is 0 Å². The highest BCUT2D eigenvalue weighted by atomic mass is 16.3. The quantitative estimate of drug-likeness (QED) is 0.598. The first-order valence-corrected chi connectivity index (χ1v) is 5.53. The van der Waals surface area contributed by atoms with Gasteiger partial charge in [-0.15, -0.1) is 0 Å². The van der Waals surface area contributed by atoms with Gasteiger partial charge in [-0.3, -0.25) is 9.80 Å². The van der Waals surface area contributed by atoms with Crippen LogP contribution in [0.25, 0.3) is 0 Å². The van der Waals surface area contributed by atoms with E-state index in [-0.39, 0.29) is 13.2 Å². The minimum atomic E-state index is 0.195. The van der Waals surface area contributed by atoms with Crippen LogP contribution in [0.5, 0.6) is 0 Å². The zero-order chi connectivity index (χ0) is 10.2. The summed E-state index contributed by atoms with van der Waals surface area (Å²) in [5.41, 5.74) is 0. The van der Waals surface area contributed by atoms with Crippen LogP contribution in [0.1, 0.15) is 12.8 Å². The molecule has 0 aromatic heterocycles. The zero-order valence-corrected chi connectivity index (χ0v) is 8.86. The highest BCUT2D eigenvalue weighted by Gasteiger charge is 2.21. The molecule has 3 fully saturated rings.